The average molecular weight is 258 g/mol. The summed E-state index contributed by atoms with van der Waals surface area (Å²) in [5, 5.41) is 6.45. The average Bonchev–Trinajstić information content (AvgIpc) is 3.25. The van der Waals surface area contributed by atoms with Crippen LogP contribution in [-0.4, -0.2) is 19.0 Å². The van der Waals surface area contributed by atoms with Crippen LogP contribution in [-0.2, 0) is 10.2 Å². The van der Waals surface area contributed by atoms with E-state index in [1.54, 1.807) is 0 Å². The minimum atomic E-state index is -0.286. The van der Waals surface area contributed by atoms with Crippen LogP contribution >= 0.6 is 0 Å². The second kappa shape index (κ2) is 6.25. The van der Waals surface area contributed by atoms with E-state index in [0.29, 0.717) is 13.1 Å². The summed E-state index contributed by atoms with van der Waals surface area (Å²) in [5.74, 6) is 0.127. The molecule has 1 aliphatic carbocycles. The Balaban J connectivity index is 1.79. The molecule has 0 atom stereocenters. The van der Waals surface area contributed by atoms with Gasteiger partial charge in [0.15, 0.2) is 0 Å². The maximum Gasteiger partial charge on any atom is 0.230 e. The molecule has 2 rings (SSSR count). The normalized spacial score (nSPS) is 15.4. The zero-order valence-corrected chi connectivity index (χ0v) is 10.9. The monoisotopic (exact) mass is 258 g/mol. The van der Waals surface area contributed by atoms with Crippen molar-refractivity contribution in [1.29, 1.82) is 0 Å². The van der Waals surface area contributed by atoms with E-state index in [1.807, 2.05) is 30.3 Å². The molecule has 1 amide bonds. The number of benzene rings is 1. The van der Waals surface area contributed by atoms with E-state index in [-0.39, 0.29) is 11.3 Å². The van der Waals surface area contributed by atoms with Gasteiger partial charge in [0.05, 0.1) is 5.41 Å². The first-order valence-electron chi connectivity index (χ1n) is 6.64. The summed E-state index contributed by atoms with van der Waals surface area (Å²) >= 11 is 0. The number of rotatable bonds is 7. The predicted octanol–water partition coefficient (Wildman–Crippen LogP) is 2.92. The number of hydrogen-bond acceptors (Lipinski definition) is 2. The molecule has 5 nitrogen and oxygen atoms in total. The van der Waals surface area contributed by atoms with E-state index in [9.17, 15) is 4.79 Å². The molecule has 1 aliphatic rings. The highest BCUT2D eigenvalue weighted by Gasteiger charge is 2.50. The van der Waals surface area contributed by atoms with Crippen molar-refractivity contribution >= 4 is 5.91 Å². The first-order chi connectivity index (χ1) is 9.29. The van der Waals surface area contributed by atoms with Crippen LogP contribution in [0, 0.1) is 0 Å². The molecule has 0 saturated heterocycles. The molecule has 0 aliphatic heterocycles. The summed E-state index contributed by atoms with van der Waals surface area (Å²) in [7, 11) is 0. The van der Waals surface area contributed by atoms with Crippen LogP contribution in [0.3, 0.4) is 0 Å². The minimum Gasteiger partial charge on any atom is -0.355 e. The van der Waals surface area contributed by atoms with Crippen LogP contribution in [0.25, 0.3) is 10.4 Å². The van der Waals surface area contributed by atoms with Gasteiger partial charge >= 0.3 is 0 Å². The first-order valence-corrected chi connectivity index (χ1v) is 6.64. The number of unbranched alkanes of at least 4 members (excludes halogenated alkanes) is 1. The van der Waals surface area contributed by atoms with Crippen molar-refractivity contribution in [2.75, 3.05) is 13.1 Å². The summed E-state index contributed by atoms with van der Waals surface area (Å²) < 4.78 is 0. The van der Waals surface area contributed by atoms with Crippen molar-refractivity contribution in [2.45, 2.75) is 31.1 Å². The molecule has 0 aromatic heterocycles. The van der Waals surface area contributed by atoms with Crippen LogP contribution in [0.4, 0.5) is 0 Å². The maximum atomic E-state index is 12.2. The summed E-state index contributed by atoms with van der Waals surface area (Å²) in [6.07, 6.45) is 3.52. The van der Waals surface area contributed by atoms with E-state index < -0.39 is 0 Å². The Bertz CT molecular complexity index is 475. The summed E-state index contributed by atoms with van der Waals surface area (Å²) in [4.78, 5) is 14.9. The third-order valence-electron chi connectivity index (χ3n) is 3.54. The molecule has 1 aromatic carbocycles. The summed E-state index contributed by atoms with van der Waals surface area (Å²) in [5.41, 5.74) is 8.97. The number of hydrogen-bond donors (Lipinski definition) is 1. The Morgan fingerprint density at radius 3 is 2.68 bits per heavy atom. The SMILES string of the molecule is [N-]=[N+]=NCCCCNC(=O)C1(c2ccccc2)CC1. The van der Waals surface area contributed by atoms with Crippen molar-refractivity contribution in [1.82, 2.24) is 5.32 Å². The van der Waals surface area contributed by atoms with E-state index in [4.69, 9.17) is 5.53 Å². The highest BCUT2D eigenvalue weighted by atomic mass is 16.2. The van der Waals surface area contributed by atoms with Gasteiger partial charge in [0.1, 0.15) is 0 Å². The molecule has 1 fully saturated rings. The second-order valence-electron chi connectivity index (χ2n) is 4.87. The van der Waals surface area contributed by atoms with Gasteiger partial charge in [-0.1, -0.05) is 35.4 Å². The molecule has 1 aromatic rings. The van der Waals surface area contributed by atoms with Crippen molar-refractivity contribution in [3.8, 4) is 0 Å². The van der Waals surface area contributed by atoms with Gasteiger partial charge in [0.25, 0.3) is 0 Å². The molecule has 0 bridgehead atoms. The molecule has 1 N–H and O–H groups in total. The zero-order chi connectivity index (χ0) is 13.6. The first kappa shape index (κ1) is 13.4. The minimum absolute atomic E-state index is 0.127. The van der Waals surface area contributed by atoms with Gasteiger partial charge in [0.2, 0.25) is 5.91 Å². The quantitative estimate of drug-likeness (QED) is 0.347. The highest BCUT2D eigenvalue weighted by molar-refractivity contribution is 5.91. The predicted molar refractivity (Wildman–Crippen MR) is 73.6 cm³/mol. The fourth-order valence-corrected chi connectivity index (χ4v) is 2.25. The van der Waals surface area contributed by atoms with Crippen molar-refractivity contribution in [3.05, 3.63) is 46.3 Å². The molecular formula is C14H18N4O. The van der Waals surface area contributed by atoms with Gasteiger partial charge in [-0.2, -0.15) is 0 Å². The lowest BCUT2D eigenvalue weighted by atomic mass is 9.95. The molecule has 5 heteroatoms. The maximum absolute atomic E-state index is 12.2. The smallest absolute Gasteiger partial charge is 0.230 e. The number of carbonyl (C=O) groups excluding carboxylic acids is 1. The summed E-state index contributed by atoms with van der Waals surface area (Å²) in [6, 6.07) is 9.96. The number of azide groups is 1. The zero-order valence-electron chi connectivity index (χ0n) is 10.9. The largest absolute Gasteiger partial charge is 0.355 e. The van der Waals surface area contributed by atoms with Crippen LogP contribution in [0.15, 0.2) is 35.4 Å². The Morgan fingerprint density at radius 2 is 2.05 bits per heavy atom. The van der Waals surface area contributed by atoms with Crippen LogP contribution in [0.1, 0.15) is 31.2 Å². The number of amides is 1. The van der Waals surface area contributed by atoms with E-state index in [1.165, 1.54) is 0 Å². The lowest BCUT2D eigenvalue weighted by Crippen LogP contribution is -2.35. The lowest BCUT2D eigenvalue weighted by Gasteiger charge is -2.15. The molecule has 0 unspecified atom stereocenters. The third kappa shape index (κ3) is 3.26. The fraction of sp³-hybridized carbons (Fsp3) is 0.500. The Labute approximate surface area is 112 Å². The Hall–Kier alpha value is -2.00. The molecule has 100 valence electrons. The highest BCUT2D eigenvalue weighted by Crippen LogP contribution is 2.48. The van der Waals surface area contributed by atoms with Gasteiger partial charge in [-0.25, -0.2) is 0 Å². The van der Waals surface area contributed by atoms with Crippen molar-refractivity contribution < 1.29 is 4.79 Å². The number of carbonyl (C=O) groups is 1. The van der Waals surface area contributed by atoms with Gasteiger partial charge in [-0.15, -0.1) is 0 Å². The van der Waals surface area contributed by atoms with Gasteiger partial charge < -0.3 is 5.32 Å². The molecular weight excluding hydrogens is 240 g/mol. The van der Waals surface area contributed by atoms with Crippen LogP contribution < -0.4 is 5.32 Å². The Morgan fingerprint density at radius 1 is 1.32 bits per heavy atom. The van der Waals surface area contributed by atoms with E-state index in [0.717, 1.165) is 31.2 Å². The van der Waals surface area contributed by atoms with Crippen molar-refractivity contribution in [3.63, 3.8) is 0 Å². The molecule has 0 spiro atoms. The molecule has 0 heterocycles. The van der Waals surface area contributed by atoms with Crippen LogP contribution in [0.2, 0.25) is 0 Å². The third-order valence-corrected chi connectivity index (χ3v) is 3.54. The molecule has 19 heavy (non-hydrogen) atoms. The van der Waals surface area contributed by atoms with Crippen molar-refractivity contribution in [2.24, 2.45) is 5.11 Å². The van der Waals surface area contributed by atoms with E-state index in [2.05, 4.69) is 15.3 Å². The number of nitrogens with one attached hydrogen (secondary N) is 1. The lowest BCUT2D eigenvalue weighted by molar-refractivity contribution is -0.123. The molecule has 1 saturated carbocycles. The fourth-order valence-electron chi connectivity index (χ4n) is 2.25. The number of nitrogens with zero attached hydrogens (tertiary/aromatic N) is 3. The van der Waals surface area contributed by atoms with E-state index >= 15 is 0 Å². The van der Waals surface area contributed by atoms with Gasteiger partial charge in [-0.05, 0) is 36.8 Å². The second-order valence-corrected chi connectivity index (χ2v) is 4.87. The standard InChI is InChI=1S/C14H18N4O/c15-18-17-11-5-4-10-16-13(19)14(8-9-14)12-6-2-1-3-7-12/h1-3,6-7H,4-5,8-11H2,(H,16,19). The summed E-state index contributed by atoms with van der Waals surface area (Å²) in [6.45, 7) is 1.14. The van der Waals surface area contributed by atoms with Crippen LogP contribution in [0.5, 0.6) is 0 Å². The Kier molecular flexibility index (Phi) is 4.42. The van der Waals surface area contributed by atoms with Gasteiger partial charge in [-0.3, -0.25) is 4.79 Å². The molecule has 0 radical (unpaired) electrons. The topological polar surface area (TPSA) is 77.9 Å². The van der Waals surface area contributed by atoms with Gasteiger partial charge in [0, 0.05) is 18.0 Å².